The molecule has 1 fully saturated rings. The smallest absolute Gasteiger partial charge is 0.242 e. The van der Waals surface area contributed by atoms with Gasteiger partial charge in [0.05, 0.1) is 13.2 Å². The molecule has 1 unspecified atom stereocenters. The molecular formula is C20H24Cl2N4O2. The topological polar surface area (TPSA) is 67.4 Å². The highest BCUT2D eigenvalue weighted by molar-refractivity contribution is 6.35. The van der Waals surface area contributed by atoms with Crippen molar-refractivity contribution in [2.75, 3.05) is 26.3 Å². The molecule has 1 aliphatic heterocycles. The maximum atomic E-state index is 13.2. The molecule has 1 aliphatic rings. The molecule has 1 N–H and O–H groups in total. The Kier molecular flexibility index (Phi) is 6.88. The van der Waals surface area contributed by atoms with E-state index in [4.69, 9.17) is 27.9 Å². The van der Waals surface area contributed by atoms with Crippen molar-refractivity contribution in [1.29, 1.82) is 0 Å². The Labute approximate surface area is 175 Å². The van der Waals surface area contributed by atoms with Crippen molar-refractivity contribution in [3.8, 4) is 0 Å². The molecule has 1 atom stereocenters. The molecule has 1 saturated heterocycles. The molecule has 0 saturated carbocycles. The highest BCUT2D eigenvalue weighted by Crippen LogP contribution is 2.31. The number of benzene rings is 1. The summed E-state index contributed by atoms with van der Waals surface area (Å²) in [5.74, 6) is 0.606. The number of nitrogens with one attached hydrogen (secondary N) is 1. The summed E-state index contributed by atoms with van der Waals surface area (Å²) in [6, 6.07) is 4.73. The second-order valence-corrected chi connectivity index (χ2v) is 7.70. The number of aromatic nitrogens is 2. The van der Waals surface area contributed by atoms with Gasteiger partial charge in [0, 0.05) is 46.6 Å². The number of nitrogens with zero attached hydrogens (tertiary/aromatic N) is 3. The first-order chi connectivity index (χ1) is 13.4. The minimum Gasteiger partial charge on any atom is -0.379 e. The number of hydrogen-bond acceptors (Lipinski definition) is 5. The van der Waals surface area contributed by atoms with Gasteiger partial charge in [-0.3, -0.25) is 9.69 Å². The highest BCUT2D eigenvalue weighted by Gasteiger charge is 2.30. The molecular weight excluding hydrogens is 399 g/mol. The van der Waals surface area contributed by atoms with Crippen LogP contribution in [0.4, 0.5) is 0 Å². The van der Waals surface area contributed by atoms with Crippen LogP contribution in [0.2, 0.25) is 10.0 Å². The second-order valence-electron chi connectivity index (χ2n) is 6.85. The lowest BCUT2D eigenvalue weighted by Gasteiger charge is -2.34. The summed E-state index contributed by atoms with van der Waals surface area (Å²) in [4.78, 5) is 24.1. The van der Waals surface area contributed by atoms with Gasteiger partial charge in [-0.1, -0.05) is 29.3 Å². The van der Waals surface area contributed by atoms with Crippen LogP contribution in [0, 0.1) is 20.8 Å². The zero-order chi connectivity index (χ0) is 20.3. The number of rotatable bonds is 5. The summed E-state index contributed by atoms with van der Waals surface area (Å²) < 4.78 is 5.44. The van der Waals surface area contributed by atoms with Crippen molar-refractivity contribution in [3.05, 3.63) is 56.6 Å². The molecule has 3 rings (SSSR count). The van der Waals surface area contributed by atoms with E-state index in [1.807, 2.05) is 26.8 Å². The molecule has 8 heteroatoms. The van der Waals surface area contributed by atoms with Gasteiger partial charge in [0.25, 0.3) is 0 Å². The molecule has 2 aromatic rings. The predicted molar refractivity (Wildman–Crippen MR) is 110 cm³/mol. The summed E-state index contributed by atoms with van der Waals surface area (Å²) in [5, 5.41) is 4.06. The largest absolute Gasteiger partial charge is 0.379 e. The van der Waals surface area contributed by atoms with Crippen molar-refractivity contribution in [3.63, 3.8) is 0 Å². The third kappa shape index (κ3) is 4.81. The normalized spacial score (nSPS) is 16.0. The summed E-state index contributed by atoms with van der Waals surface area (Å²) >= 11 is 12.5. The third-order valence-corrected chi connectivity index (χ3v) is 5.45. The lowest BCUT2D eigenvalue weighted by Crippen LogP contribution is -2.45. The number of amides is 1. The molecule has 0 spiro atoms. The lowest BCUT2D eigenvalue weighted by molar-refractivity contribution is -0.128. The van der Waals surface area contributed by atoms with Crippen molar-refractivity contribution < 1.29 is 9.53 Å². The second kappa shape index (κ2) is 9.18. The van der Waals surface area contributed by atoms with Gasteiger partial charge in [-0.05, 0) is 38.5 Å². The van der Waals surface area contributed by atoms with E-state index in [9.17, 15) is 4.79 Å². The van der Waals surface area contributed by atoms with Gasteiger partial charge in [0.15, 0.2) is 0 Å². The molecule has 1 aromatic carbocycles. The number of ether oxygens (including phenoxy) is 1. The van der Waals surface area contributed by atoms with E-state index in [2.05, 4.69) is 20.2 Å². The Morgan fingerprint density at radius 3 is 2.43 bits per heavy atom. The van der Waals surface area contributed by atoms with Crippen LogP contribution in [0.3, 0.4) is 0 Å². The fourth-order valence-electron chi connectivity index (χ4n) is 3.50. The van der Waals surface area contributed by atoms with E-state index in [1.54, 1.807) is 12.1 Å². The first-order valence-electron chi connectivity index (χ1n) is 9.22. The van der Waals surface area contributed by atoms with Crippen LogP contribution in [0.15, 0.2) is 18.2 Å². The summed E-state index contributed by atoms with van der Waals surface area (Å²) in [6.45, 7) is 8.56. The molecule has 150 valence electrons. The quantitative estimate of drug-likeness (QED) is 0.799. The van der Waals surface area contributed by atoms with Crippen LogP contribution in [-0.2, 0) is 16.1 Å². The van der Waals surface area contributed by atoms with Gasteiger partial charge in [0.2, 0.25) is 5.91 Å². The van der Waals surface area contributed by atoms with Gasteiger partial charge >= 0.3 is 0 Å². The third-order valence-electron chi connectivity index (χ3n) is 4.89. The van der Waals surface area contributed by atoms with Crippen molar-refractivity contribution in [1.82, 2.24) is 20.2 Å². The minimum absolute atomic E-state index is 0.120. The molecule has 6 nitrogen and oxygen atoms in total. The SMILES string of the molecule is Cc1nc(C)c(CNC(=O)C(c2ccc(Cl)cc2Cl)N2CCOCC2)c(C)n1. The molecule has 0 aliphatic carbocycles. The Morgan fingerprint density at radius 2 is 1.82 bits per heavy atom. The first kappa shape index (κ1) is 21.0. The van der Waals surface area contributed by atoms with Crippen LogP contribution in [0.1, 0.15) is 34.4 Å². The highest BCUT2D eigenvalue weighted by atomic mass is 35.5. The van der Waals surface area contributed by atoms with Gasteiger partial charge in [-0.15, -0.1) is 0 Å². The van der Waals surface area contributed by atoms with Gasteiger partial charge in [0.1, 0.15) is 11.9 Å². The molecule has 1 amide bonds. The van der Waals surface area contributed by atoms with Gasteiger partial charge < -0.3 is 10.1 Å². The number of halogens is 2. The Balaban J connectivity index is 1.84. The average Bonchev–Trinajstić information content (AvgIpc) is 2.64. The lowest BCUT2D eigenvalue weighted by atomic mass is 10.0. The Hall–Kier alpha value is -1.73. The number of carbonyl (C=O) groups is 1. The van der Waals surface area contributed by atoms with E-state index < -0.39 is 6.04 Å². The van der Waals surface area contributed by atoms with E-state index >= 15 is 0 Å². The predicted octanol–water partition coefficient (Wildman–Crippen LogP) is 3.40. The van der Waals surface area contributed by atoms with Gasteiger partial charge in [-0.2, -0.15) is 0 Å². The maximum absolute atomic E-state index is 13.2. The molecule has 0 bridgehead atoms. The number of morpholine rings is 1. The zero-order valence-corrected chi connectivity index (χ0v) is 17.8. The van der Waals surface area contributed by atoms with Crippen LogP contribution >= 0.6 is 23.2 Å². The average molecular weight is 423 g/mol. The fraction of sp³-hybridized carbons (Fsp3) is 0.450. The number of hydrogen-bond donors (Lipinski definition) is 1. The van der Waals surface area contributed by atoms with E-state index in [0.29, 0.717) is 42.9 Å². The molecule has 28 heavy (non-hydrogen) atoms. The van der Waals surface area contributed by atoms with E-state index in [1.165, 1.54) is 0 Å². The van der Waals surface area contributed by atoms with Crippen LogP contribution in [-0.4, -0.2) is 47.1 Å². The van der Waals surface area contributed by atoms with Crippen LogP contribution < -0.4 is 5.32 Å². The number of aryl methyl sites for hydroxylation is 3. The molecule has 1 aromatic heterocycles. The van der Waals surface area contributed by atoms with Crippen LogP contribution in [0.25, 0.3) is 0 Å². The van der Waals surface area contributed by atoms with E-state index in [-0.39, 0.29) is 5.91 Å². The van der Waals surface area contributed by atoms with Crippen LogP contribution in [0.5, 0.6) is 0 Å². The monoisotopic (exact) mass is 422 g/mol. The van der Waals surface area contributed by atoms with E-state index in [0.717, 1.165) is 28.3 Å². The first-order valence-corrected chi connectivity index (χ1v) is 9.97. The summed E-state index contributed by atoms with van der Waals surface area (Å²) in [6.07, 6.45) is 0. The number of carbonyl (C=O) groups excluding carboxylic acids is 1. The maximum Gasteiger partial charge on any atom is 0.242 e. The van der Waals surface area contributed by atoms with Crippen molar-refractivity contribution in [2.45, 2.75) is 33.4 Å². The Morgan fingerprint density at radius 1 is 1.18 bits per heavy atom. The Bertz CT molecular complexity index is 846. The minimum atomic E-state index is -0.513. The van der Waals surface area contributed by atoms with Gasteiger partial charge in [-0.25, -0.2) is 9.97 Å². The van der Waals surface area contributed by atoms with Crippen molar-refractivity contribution >= 4 is 29.1 Å². The summed E-state index contributed by atoms with van der Waals surface area (Å²) in [7, 11) is 0. The zero-order valence-electron chi connectivity index (χ0n) is 16.3. The summed E-state index contributed by atoms with van der Waals surface area (Å²) in [5.41, 5.74) is 3.41. The van der Waals surface area contributed by atoms with Crippen molar-refractivity contribution in [2.24, 2.45) is 0 Å². The molecule has 2 heterocycles. The fourth-order valence-corrected chi connectivity index (χ4v) is 4.01. The molecule has 0 radical (unpaired) electrons. The standard InChI is InChI=1S/C20H24Cl2N4O2/c1-12-17(13(2)25-14(3)24-12)11-23-20(27)19(26-6-8-28-9-7-26)16-5-4-15(21)10-18(16)22/h4-5,10,19H,6-9,11H2,1-3H3,(H,23,27).